The zero-order valence-corrected chi connectivity index (χ0v) is 11.8. The van der Waals surface area contributed by atoms with Crippen LogP contribution in [0, 0.1) is 0 Å². The molecule has 4 N–H and O–H groups in total. The van der Waals surface area contributed by atoms with Crippen LogP contribution in [0.15, 0.2) is 0 Å². The Hall–Kier alpha value is -1.67. The summed E-state index contributed by atoms with van der Waals surface area (Å²) in [6.45, 7) is 0.195. The Bertz CT molecular complexity index is 475. The maximum absolute atomic E-state index is 12.5. The first-order valence-corrected chi connectivity index (χ1v) is 7.36. The fourth-order valence-corrected chi connectivity index (χ4v) is 3.49. The van der Waals surface area contributed by atoms with Crippen LogP contribution in [0.5, 0.6) is 0 Å². The van der Waals surface area contributed by atoms with Crippen molar-refractivity contribution in [1.29, 1.82) is 0 Å². The number of hydrazine groups is 1. The van der Waals surface area contributed by atoms with Gasteiger partial charge in [0, 0.05) is 0 Å². The number of urea groups is 1. The molecule has 3 rings (SSSR count). The summed E-state index contributed by atoms with van der Waals surface area (Å²) in [5.74, 6) is 4.55. The van der Waals surface area contributed by atoms with Crippen molar-refractivity contribution >= 4 is 17.8 Å². The average molecular weight is 296 g/mol. The Kier molecular flexibility index (Phi) is 3.58. The normalized spacial score (nSPS) is 31.0. The van der Waals surface area contributed by atoms with Crippen molar-refractivity contribution in [3.05, 3.63) is 0 Å². The highest BCUT2D eigenvalue weighted by molar-refractivity contribution is 6.07. The lowest BCUT2D eigenvalue weighted by molar-refractivity contribution is -0.134. The summed E-state index contributed by atoms with van der Waals surface area (Å²) in [7, 11) is 0. The molecule has 8 nitrogen and oxygen atoms in total. The fraction of sp³-hybridized carbons (Fsp3) is 0.769. The molecule has 2 atom stereocenters. The topological polar surface area (TPSA) is 114 Å². The zero-order valence-electron chi connectivity index (χ0n) is 11.8. The lowest BCUT2D eigenvalue weighted by Gasteiger charge is -2.21. The Morgan fingerprint density at radius 1 is 1.38 bits per heavy atom. The van der Waals surface area contributed by atoms with Gasteiger partial charge >= 0.3 is 6.03 Å². The van der Waals surface area contributed by atoms with Crippen LogP contribution in [0.4, 0.5) is 4.79 Å². The van der Waals surface area contributed by atoms with E-state index in [9.17, 15) is 14.4 Å². The number of rotatable bonds is 3. The first-order valence-electron chi connectivity index (χ1n) is 7.36. The molecule has 2 heterocycles. The standard InChI is InChI=1S/C13H20N4O4/c14-16-10(18)9-4-3-8(21-9)7-17-11(19)13(15-12(17)20)5-1-2-6-13/h8-9H,1-7,14H2,(H,15,20)(H,16,18). The van der Waals surface area contributed by atoms with Crippen molar-refractivity contribution < 1.29 is 19.1 Å². The molecule has 0 bridgehead atoms. The molecule has 21 heavy (non-hydrogen) atoms. The van der Waals surface area contributed by atoms with Gasteiger partial charge in [-0.2, -0.15) is 0 Å². The second-order valence-corrected chi connectivity index (χ2v) is 5.97. The summed E-state index contributed by atoms with van der Waals surface area (Å²) < 4.78 is 5.56. The quantitative estimate of drug-likeness (QED) is 0.278. The number of ether oxygens (including phenoxy) is 1. The van der Waals surface area contributed by atoms with Gasteiger partial charge in [-0.25, -0.2) is 10.6 Å². The summed E-state index contributed by atoms with van der Waals surface area (Å²) in [4.78, 5) is 37.2. The monoisotopic (exact) mass is 296 g/mol. The van der Waals surface area contributed by atoms with Crippen molar-refractivity contribution in [3.63, 3.8) is 0 Å². The fourth-order valence-electron chi connectivity index (χ4n) is 3.49. The molecule has 0 aromatic rings. The van der Waals surface area contributed by atoms with Gasteiger partial charge in [0.2, 0.25) is 0 Å². The van der Waals surface area contributed by atoms with Crippen molar-refractivity contribution in [2.24, 2.45) is 5.84 Å². The summed E-state index contributed by atoms with van der Waals surface area (Å²) in [6.07, 6.45) is 3.59. The highest BCUT2D eigenvalue weighted by Crippen LogP contribution is 2.35. The van der Waals surface area contributed by atoms with E-state index < -0.39 is 11.6 Å². The van der Waals surface area contributed by atoms with E-state index in [1.165, 1.54) is 4.90 Å². The summed E-state index contributed by atoms with van der Waals surface area (Å²) in [5, 5.41) is 2.83. The number of amides is 4. The van der Waals surface area contributed by atoms with E-state index in [1.54, 1.807) is 0 Å². The molecule has 3 fully saturated rings. The van der Waals surface area contributed by atoms with Gasteiger partial charge in [-0.05, 0) is 25.7 Å². The van der Waals surface area contributed by atoms with E-state index in [4.69, 9.17) is 10.6 Å². The number of imide groups is 1. The third-order valence-electron chi connectivity index (χ3n) is 4.63. The minimum Gasteiger partial charge on any atom is -0.363 e. The van der Waals surface area contributed by atoms with E-state index in [-0.39, 0.29) is 30.5 Å². The minimum absolute atomic E-state index is 0.152. The molecular formula is C13H20N4O4. The van der Waals surface area contributed by atoms with E-state index in [0.717, 1.165) is 12.8 Å². The average Bonchev–Trinajstić information content (AvgIpc) is 3.17. The van der Waals surface area contributed by atoms with Gasteiger partial charge in [-0.1, -0.05) is 12.8 Å². The van der Waals surface area contributed by atoms with Gasteiger partial charge in [-0.15, -0.1) is 0 Å². The number of carbonyl (C=O) groups excluding carboxylic acids is 3. The number of nitrogens with two attached hydrogens (primary N) is 1. The molecule has 2 aliphatic heterocycles. The lowest BCUT2D eigenvalue weighted by Crippen LogP contribution is -2.45. The van der Waals surface area contributed by atoms with Crippen LogP contribution >= 0.6 is 0 Å². The molecule has 1 aliphatic carbocycles. The van der Waals surface area contributed by atoms with Crippen LogP contribution in [0.25, 0.3) is 0 Å². The molecule has 4 amide bonds. The number of hydrogen-bond donors (Lipinski definition) is 3. The van der Waals surface area contributed by atoms with Gasteiger partial charge in [0.1, 0.15) is 11.6 Å². The largest absolute Gasteiger partial charge is 0.363 e. The van der Waals surface area contributed by atoms with E-state index in [2.05, 4.69) is 10.7 Å². The maximum Gasteiger partial charge on any atom is 0.325 e. The van der Waals surface area contributed by atoms with Crippen LogP contribution in [0.1, 0.15) is 38.5 Å². The second kappa shape index (κ2) is 5.27. The zero-order chi connectivity index (χ0) is 15.0. The second-order valence-electron chi connectivity index (χ2n) is 5.97. The molecule has 2 saturated heterocycles. The van der Waals surface area contributed by atoms with E-state index in [0.29, 0.717) is 25.7 Å². The molecule has 0 aromatic heterocycles. The smallest absolute Gasteiger partial charge is 0.325 e. The molecule has 3 aliphatic rings. The summed E-state index contributed by atoms with van der Waals surface area (Å²) in [5.41, 5.74) is 1.36. The molecule has 0 aromatic carbocycles. The third-order valence-corrected chi connectivity index (χ3v) is 4.63. The van der Waals surface area contributed by atoms with Crippen LogP contribution in [-0.4, -0.2) is 47.0 Å². The van der Waals surface area contributed by atoms with E-state index in [1.807, 2.05) is 0 Å². The molecule has 8 heteroatoms. The number of nitrogens with one attached hydrogen (secondary N) is 2. The Balaban J connectivity index is 1.62. The summed E-state index contributed by atoms with van der Waals surface area (Å²) in [6, 6.07) is -0.350. The van der Waals surface area contributed by atoms with Crippen LogP contribution in [0.3, 0.4) is 0 Å². The van der Waals surface area contributed by atoms with Crippen LogP contribution < -0.4 is 16.6 Å². The predicted molar refractivity (Wildman–Crippen MR) is 71.7 cm³/mol. The number of hydrogen-bond acceptors (Lipinski definition) is 5. The van der Waals surface area contributed by atoms with Gasteiger partial charge in [0.15, 0.2) is 0 Å². The first kappa shape index (κ1) is 14.3. The Morgan fingerprint density at radius 3 is 2.76 bits per heavy atom. The summed E-state index contributed by atoms with van der Waals surface area (Å²) >= 11 is 0. The van der Waals surface area contributed by atoms with Gasteiger partial charge in [-0.3, -0.25) is 19.9 Å². The molecule has 116 valence electrons. The minimum atomic E-state index is -0.691. The van der Waals surface area contributed by atoms with E-state index >= 15 is 0 Å². The lowest BCUT2D eigenvalue weighted by atomic mass is 9.98. The van der Waals surface area contributed by atoms with Gasteiger partial charge < -0.3 is 10.1 Å². The van der Waals surface area contributed by atoms with Crippen molar-refractivity contribution in [1.82, 2.24) is 15.6 Å². The maximum atomic E-state index is 12.5. The van der Waals surface area contributed by atoms with Crippen LogP contribution in [-0.2, 0) is 14.3 Å². The number of carbonyl (C=O) groups is 3. The highest BCUT2D eigenvalue weighted by Gasteiger charge is 2.53. The Labute approximate surface area is 122 Å². The first-order chi connectivity index (χ1) is 10.1. The Morgan fingerprint density at radius 2 is 2.10 bits per heavy atom. The molecule has 2 unspecified atom stereocenters. The van der Waals surface area contributed by atoms with Gasteiger partial charge in [0.25, 0.3) is 11.8 Å². The van der Waals surface area contributed by atoms with Gasteiger partial charge in [0.05, 0.1) is 12.6 Å². The van der Waals surface area contributed by atoms with Crippen molar-refractivity contribution in [2.45, 2.75) is 56.3 Å². The third kappa shape index (κ3) is 2.38. The molecule has 1 spiro atoms. The molecule has 0 radical (unpaired) electrons. The predicted octanol–water partition coefficient (Wildman–Crippen LogP) is -0.611. The SMILES string of the molecule is NNC(=O)C1CCC(CN2C(=O)NC3(CCCC3)C2=O)O1. The van der Waals surface area contributed by atoms with Crippen molar-refractivity contribution in [3.8, 4) is 0 Å². The number of nitrogens with zero attached hydrogens (tertiary/aromatic N) is 1. The molecule has 1 saturated carbocycles. The molecular weight excluding hydrogens is 276 g/mol. The van der Waals surface area contributed by atoms with Crippen LogP contribution in [0.2, 0.25) is 0 Å². The van der Waals surface area contributed by atoms with Crippen molar-refractivity contribution in [2.75, 3.05) is 6.54 Å². The highest BCUT2D eigenvalue weighted by atomic mass is 16.5.